The lowest BCUT2D eigenvalue weighted by molar-refractivity contribution is 0.316. The van der Waals surface area contributed by atoms with Crippen molar-refractivity contribution < 1.29 is 9.13 Å². The first kappa shape index (κ1) is 13.5. The van der Waals surface area contributed by atoms with Crippen molar-refractivity contribution in [2.45, 2.75) is 19.4 Å². The Morgan fingerprint density at radius 1 is 1.47 bits per heavy atom. The molecular weight excluding hydrogens is 245 g/mol. The summed E-state index contributed by atoms with van der Waals surface area (Å²) in [5, 5.41) is 4.09. The molecule has 5 heteroatoms. The van der Waals surface area contributed by atoms with E-state index in [1.165, 1.54) is 12.1 Å². The molecule has 0 fully saturated rings. The summed E-state index contributed by atoms with van der Waals surface area (Å²) < 4.78 is 20.6. The molecule has 4 nitrogen and oxygen atoms in total. The van der Waals surface area contributed by atoms with Crippen LogP contribution in [0.2, 0.25) is 0 Å². The first-order valence-corrected chi connectivity index (χ1v) is 6.21. The number of halogens is 1. The highest BCUT2D eigenvalue weighted by atomic mass is 19.1. The topological polar surface area (TPSA) is 53.1 Å². The Hall–Kier alpha value is -1.88. The first-order chi connectivity index (χ1) is 9.06. The lowest BCUT2D eigenvalue weighted by Gasteiger charge is -2.13. The summed E-state index contributed by atoms with van der Waals surface area (Å²) in [6, 6.07) is 4.16. The van der Waals surface area contributed by atoms with E-state index >= 15 is 0 Å². The lowest BCUT2D eigenvalue weighted by Crippen LogP contribution is -2.10. The number of ether oxygens (including phenoxy) is 1. The van der Waals surface area contributed by atoms with Gasteiger partial charge in [-0.1, -0.05) is 0 Å². The fourth-order valence-electron chi connectivity index (χ4n) is 1.89. The van der Waals surface area contributed by atoms with Crippen LogP contribution >= 0.6 is 0 Å². The van der Waals surface area contributed by atoms with Gasteiger partial charge in [0.25, 0.3) is 0 Å². The number of aryl methyl sites for hydroxylation is 1. The average molecular weight is 263 g/mol. The molecule has 0 spiro atoms. The zero-order valence-electron chi connectivity index (χ0n) is 11.1. The van der Waals surface area contributed by atoms with Gasteiger partial charge in [0.1, 0.15) is 11.6 Å². The van der Waals surface area contributed by atoms with Crippen LogP contribution in [-0.2, 0) is 13.5 Å². The number of hydrogen-bond donors (Lipinski definition) is 1. The second-order valence-electron chi connectivity index (χ2n) is 4.59. The van der Waals surface area contributed by atoms with Gasteiger partial charge in [-0.2, -0.15) is 5.10 Å². The van der Waals surface area contributed by atoms with Crippen molar-refractivity contribution in [1.82, 2.24) is 9.78 Å². The molecule has 0 saturated carbocycles. The van der Waals surface area contributed by atoms with E-state index in [2.05, 4.69) is 5.10 Å². The van der Waals surface area contributed by atoms with Gasteiger partial charge < -0.3 is 10.5 Å². The van der Waals surface area contributed by atoms with Crippen molar-refractivity contribution in [3.05, 3.63) is 47.5 Å². The second kappa shape index (κ2) is 5.84. The maximum Gasteiger partial charge on any atom is 0.124 e. The van der Waals surface area contributed by atoms with E-state index in [1.54, 1.807) is 16.9 Å². The SMILES string of the molecule is C[C@H](N)c1cc(F)ccc1OCCc1cnn(C)c1. The van der Waals surface area contributed by atoms with Crippen molar-refractivity contribution in [3.63, 3.8) is 0 Å². The maximum atomic E-state index is 13.2. The predicted molar refractivity (Wildman–Crippen MR) is 71.4 cm³/mol. The summed E-state index contributed by atoms with van der Waals surface area (Å²) in [5.41, 5.74) is 7.60. The van der Waals surface area contributed by atoms with Gasteiger partial charge in [0, 0.05) is 31.3 Å². The van der Waals surface area contributed by atoms with E-state index in [4.69, 9.17) is 10.5 Å². The van der Waals surface area contributed by atoms with E-state index in [1.807, 2.05) is 20.2 Å². The van der Waals surface area contributed by atoms with Crippen LogP contribution in [0.15, 0.2) is 30.6 Å². The minimum atomic E-state index is -0.299. The molecular formula is C14H18FN3O. The van der Waals surface area contributed by atoms with Crippen LogP contribution in [0.3, 0.4) is 0 Å². The summed E-state index contributed by atoms with van der Waals surface area (Å²) in [6.45, 7) is 2.32. The quantitative estimate of drug-likeness (QED) is 0.899. The zero-order chi connectivity index (χ0) is 13.8. The summed E-state index contributed by atoms with van der Waals surface area (Å²) in [4.78, 5) is 0. The van der Waals surface area contributed by atoms with Gasteiger partial charge in [0.05, 0.1) is 12.8 Å². The number of nitrogens with zero attached hydrogens (tertiary/aromatic N) is 2. The average Bonchev–Trinajstić information content (AvgIpc) is 2.77. The molecule has 19 heavy (non-hydrogen) atoms. The van der Waals surface area contributed by atoms with E-state index in [0.717, 1.165) is 12.0 Å². The van der Waals surface area contributed by atoms with Gasteiger partial charge in [-0.15, -0.1) is 0 Å². The van der Waals surface area contributed by atoms with Crippen molar-refractivity contribution in [2.75, 3.05) is 6.61 Å². The molecule has 0 amide bonds. The Morgan fingerprint density at radius 2 is 2.26 bits per heavy atom. The van der Waals surface area contributed by atoms with Crippen LogP contribution in [0.1, 0.15) is 24.1 Å². The van der Waals surface area contributed by atoms with Crippen LogP contribution in [-0.4, -0.2) is 16.4 Å². The predicted octanol–water partition coefficient (Wildman–Crippen LogP) is 2.20. The second-order valence-corrected chi connectivity index (χ2v) is 4.59. The Balaban J connectivity index is 1.99. The molecule has 102 valence electrons. The maximum absolute atomic E-state index is 13.2. The van der Waals surface area contributed by atoms with Crippen LogP contribution in [0.25, 0.3) is 0 Å². The van der Waals surface area contributed by atoms with Crippen molar-refractivity contribution in [3.8, 4) is 5.75 Å². The van der Waals surface area contributed by atoms with E-state index < -0.39 is 0 Å². The number of nitrogens with two attached hydrogens (primary N) is 1. The molecule has 0 aliphatic heterocycles. The Kier molecular flexibility index (Phi) is 4.16. The summed E-state index contributed by atoms with van der Waals surface area (Å²) in [7, 11) is 1.87. The summed E-state index contributed by atoms with van der Waals surface area (Å²) >= 11 is 0. The van der Waals surface area contributed by atoms with Gasteiger partial charge >= 0.3 is 0 Å². The first-order valence-electron chi connectivity index (χ1n) is 6.21. The molecule has 0 aliphatic rings. The molecule has 1 atom stereocenters. The third-order valence-electron chi connectivity index (χ3n) is 2.87. The monoisotopic (exact) mass is 263 g/mol. The number of benzene rings is 1. The molecule has 0 radical (unpaired) electrons. The molecule has 0 aliphatic carbocycles. The highest BCUT2D eigenvalue weighted by Crippen LogP contribution is 2.24. The molecule has 0 saturated heterocycles. The highest BCUT2D eigenvalue weighted by Gasteiger charge is 2.09. The smallest absolute Gasteiger partial charge is 0.124 e. The fourth-order valence-corrected chi connectivity index (χ4v) is 1.89. The van der Waals surface area contributed by atoms with Gasteiger partial charge in [-0.3, -0.25) is 4.68 Å². The third kappa shape index (κ3) is 3.54. The Morgan fingerprint density at radius 3 is 2.89 bits per heavy atom. The normalized spacial score (nSPS) is 12.4. The van der Waals surface area contributed by atoms with Crippen molar-refractivity contribution >= 4 is 0 Å². The van der Waals surface area contributed by atoms with Gasteiger partial charge in [-0.05, 0) is 30.7 Å². The van der Waals surface area contributed by atoms with Crippen LogP contribution in [0, 0.1) is 5.82 Å². The lowest BCUT2D eigenvalue weighted by atomic mass is 10.1. The van der Waals surface area contributed by atoms with Gasteiger partial charge in [0.15, 0.2) is 0 Å². The van der Waals surface area contributed by atoms with Gasteiger partial charge in [0.2, 0.25) is 0 Å². The fraction of sp³-hybridized carbons (Fsp3) is 0.357. The van der Waals surface area contributed by atoms with E-state index in [0.29, 0.717) is 17.9 Å². The number of hydrogen-bond acceptors (Lipinski definition) is 3. The van der Waals surface area contributed by atoms with Gasteiger partial charge in [-0.25, -0.2) is 4.39 Å². The van der Waals surface area contributed by atoms with E-state index in [-0.39, 0.29) is 11.9 Å². The molecule has 2 N–H and O–H groups in total. The molecule has 0 unspecified atom stereocenters. The standard InChI is InChI=1S/C14H18FN3O/c1-10(16)13-7-12(15)3-4-14(13)19-6-5-11-8-17-18(2)9-11/h3-4,7-10H,5-6,16H2,1-2H3/t10-/m0/s1. The van der Waals surface area contributed by atoms with Crippen molar-refractivity contribution in [1.29, 1.82) is 0 Å². The van der Waals surface area contributed by atoms with E-state index in [9.17, 15) is 4.39 Å². The zero-order valence-corrected chi connectivity index (χ0v) is 11.1. The highest BCUT2D eigenvalue weighted by molar-refractivity contribution is 5.36. The molecule has 2 aromatic rings. The summed E-state index contributed by atoms with van der Waals surface area (Å²) in [5.74, 6) is 0.340. The molecule has 2 rings (SSSR count). The minimum Gasteiger partial charge on any atom is -0.493 e. The molecule has 1 aromatic heterocycles. The minimum absolute atomic E-state index is 0.260. The number of rotatable bonds is 5. The van der Waals surface area contributed by atoms with Crippen LogP contribution in [0.4, 0.5) is 4.39 Å². The Labute approximate surface area is 112 Å². The van der Waals surface area contributed by atoms with Crippen molar-refractivity contribution in [2.24, 2.45) is 12.8 Å². The Bertz CT molecular complexity index is 551. The third-order valence-corrected chi connectivity index (χ3v) is 2.87. The van der Waals surface area contributed by atoms with Crippen LogP contribution < -0.4 is 10.5 Å². The summed E-state index contributed by atoms with van der Waals surface area (Å²) in [6.07, 6.45) is 4.50. The molecule has 0 bridgehead atoms. The molecule has 1 heterocycles. The van der Waals surface area contributed by atoms with Crippen LogP contribution in [0.5, 0.6) is 5.75 Å². The number of aromatic nitrogens is 2. The largest absolute Gasteiger partial charge is 0.493 e. The molecule has 1 aromatic carbocycles.